The van der Waals surface area contributed by atoms with Gasteiger partial charge in [0.2, 0.25) is 5.91 Å². The van der Waals surface area contributed by atoms with Crippen LogP contribution in [-0.4, -0.2) is 46.3 Å². The number of hydrogen-bond acceptors (Lipinski definition) is 4. The van der Waals surface area contributed by atoms with Gasteiger partial charge in [0.25, 0.3) is 0 Å². The van der Waals surface area contributed by atoms with Gasteiger partial charge in [0.15, 0.2) is 5.82 Å². The van der Waals surface area contributed by atoms with Gasteiger partial charge < -0.3 is 15.5 Å². The Morgan fingerprint density at radius 2 is 1.97 bits per heavy atom. The molecule has 0 radical (unpaired) electrons. The number of rotatable bonds is 4. The Morgan fingerprint density at radius 3 is 2.81 bits per heavy atom. The first-order chi connectivity index (χ1) is 15.2. The molecule has 31 heavy (non-hydrogen) atoms. The molecule has 1 aromatic heterocycles. The van der Waals surface area contributed by atoms with Crippen molar-refractivity contribution in [3.63, 3.8) is 0 Å². The fourth-order valence-electron chi connectivity index (χ4n) is 5.14. The second-order valence-corrected chi connectivity index (χ2v) is 9.05. The monoisotopic (exact) mass is 417 g/mol. The number of piperidine rings is 1. The first kappa shape index (κ1) is 20.0. The molecule has 162 valence electrons. The van der Waals surface area contributed by atoms with Crippen LogP contribution in [0.4, 0.5) is 11.5 Å². The minimum atomic E-state index is -0.362. The van der Waals surface area contributed by atoms with Crippen LogP contribution in [0.15, 0.2) is 53.7 Å². The lowest BCUT2D eigenvalue weighted by molar-refractivity contribution is -0.132. The largest absolute Gasteiger partial charge is 0.368 e. The van der Waals surface area contributed by atoms with E-state index in [0.717, 1.165) is 56.0 Å². The van der Waals surface area contributed by atoms with Gasteiger partial charge in [-0.1, -0.05) is 43.2 Å². The number of amidine groups is 1. The van der Waals surface area contributed by atoms with Gasteiger partial charge in [-0.25, -0.2) is 4.98 Å². The average molecular weight is 418 g/mol. The van der Waals surface area contributed by atoms with Crippen molar-refractivity contribution >= 4 is 23.2 Å². The van der Waals surface area contributed by atoms with Crippen LogP contribution in [0.5, 0.6) is 0 Å². The Labute approximate surface area is 184 Å². The molecular weight excluding hydrogens is 386 g/mol. The van der Waals surface area contributed by atoms with Crippen LogP contribution in [0, 0.1) is 0 Å². The molecule has 0 bridgehead atoms. The van der Waals surface area contributed by atoms with Crippen molar-refractivity contribution in [1.82, 2.24) is 9.88 Å². The molecule has 3 aliphatic rings. The summed E-state index contributed by atoms with van der Waals surface area (Å²) in [6.07, 6.45) is 9.85. The van der Waals surface area contributed by atoms with Crippen LogP contribution in [-0.2, 0) is 11.2 Å². The van der Waals surface area contributed by atoms with E-state index in [2.05, 4.69) is 33.8 Å². The fraction of sp³-hybridized carbons (Fsp3) is 0.480. The van der Waals surface area contributed by atoms with Crippen LogP contribution in [0.2, 0.25) is 0 Å². The molecule has 1 aliphatic carbocycles. The number of amides is 1. The molecule has 6 nitrogen and oxygen atoms in total. The molecule has 3 heterocycles. The van der Waals surface area contributed by atoms with Crippen molar-refractivity contribution in [3.8, 4) is 0 Å². The van der Waals surface area contributed by atoms with E-state index in [1.165, 1.54) is 18.4 Å². The smallest absolute Gasteiger partial charge is 0.222 e. The molecule has 1 amide bonds. The Morgan fingerprint density at radius 1 is 1.13 bits per heavy atom. The van der Waals surface area contributed by atoms with Crippen molar-refractivity contribution in [2.45, 2.75) is 62.9 Å². The third-order valence-electron chi connectivity index (χ3n) is 6.82. The van der Waals surface area contributed by atoms with Gasteiger partial charge in [0.1, 0.15) is 11.4 Å². The quantitative estimate of drug-likeness (QED) is 0.780. The fourth-order valence-corrected chi connectivity index (χ4v) is 5.14. The number of aryl methyl sites for hydroxylation is 1. The molecule has 5 rings (SSSR count). The zero-order valence-electron chi connectivity index (χ0n) is 18.0. The first-order valence-corrected chi connectivity index (χ1v) is 11.6. The summed E-state index contributed by atoms with van der Waals surface area (Å²) in [5.74, 6) is 2.02. The van der Waals surface area contributed by atoms with E-state index in [0.29, 0.717) is 19.0 Å². The zero-order chi connectivity index (χ0) is 21.1. The second kappa shape index (κ2) is 8.69. The second-order valence-electron chi connectivity index (χ2n) is 9.05. The summed E-state index contributed by atoms with van der Waals surface area (Å²) in [7, 11) is 0. The molecule has 0 unspecified atom stereocenters. The van der Waals surface area contributed by atoms with Crippen LogP contribution in [0.3, 0.4) is 0 Å². The number of anilines is 2. The van der Waals surface area contributed by atoms with Crippen LogP contribution in [0.1, 0.15) is 50.5 Å². The minimum absolute atomic E-state index is 0.224. The maximum Gasteiger partial charge on any atom is 0.222 e. The van der Waals surface area contributed by atoms with E-state index in [4.69, 9.17) is 4.99 Å². The van der Waals surface area contributed by atoms with E-state index < -0.39 is 0 Å². The van der Waals surface area contributed by atoms with E-state index in [1.807, 2.05) is 29.2 Å². The summed E-state index contributed by atoms with van der Waals surface area (Å²) < 4.78 is 0. The van der Waals surface area contributed by atoms with Crippen molar-refractivity contribution in [2.75, 3.05) is 23.7 Å². The number of hydrogen-bond donors (Lipinski definition) is 2. The molecule has 1 atom stereocenters. The standard InChI is InChI=1S/C25H31N5O/c31-22(14-13-19-8-2-1-3-9-19)30-17-7-15-25(18-30)24(27-20-10-4-5-11-20)28-23-21(29-25)12-6-16-26-23/h1-3,6,8-9,12,16,20,29H,4-5,7,10-11,13-15,17-18H2,(H,26,27,28)/t25-/m0/s1. The minimum Gasteiger partial charge on any atom is -0.368 e. The van der Waals surface area contributed by atoms with Crippen LogP contribution < -0.4 is 10.6 Å². The summed E-state index contributed by atoms with van der Waals surface area (Å²) in [4.78, 5) is 24.8. The third kappa shape index (κ3) is 4.29. The molecule has 2 N–H and O–H groups in total. The number of carbonyl (C=O) groups is 1. The SMILES string of the molecule is O=C(CCc1ccccc1)N1CCC[C@@]2(C1)Nc1cccnc1NC2=NC1CCCC1. The highest BCUT2D eigenvalue weighted by Gasteiger charge is 2.45. The van der Waals surface area contributed by atoms with E-state index >= 15 is 0 Å². The summed E-state index contributed by atoms with van der Waals surface area (Å²) in [6.45, 7) is 1.46. The number of nitrogens with one attached hydrogen (secondary N) is 2. The average Bonchev–Trinajstić information content (AvgIpc) is 3.32. The molecule has 1 saturated carbocycles. The topological polar surface area (TPSA) is 69.6 Å². The van der Waals surface area contributed by atoms with Gasteiger partial charge >= 0.3 is 0 Å². The lowest BCUT2D eigenvalue weighted by Gasteiger charge is -2.47. The molecule has 2 aromatic rings. The lowest BCUT2D eigenvalue weighted by Crippen LogP contribution is -2.62. The number of nitrogens with zero attached hydrogens (tertiary/aromatic N) is 3. The molecule has 6 heteroatoms. The zero-order valence-corrected chi connectivity index (χ0v) is 18.0. The Kier molecular flexibility index (Phi) is 5.62. The van der Waals surface area contributed by atoms with Gasteiger partial charge in [0, 0.05) is 19.2 Å². The Balaban J connectivity index is 1.37. The molecule has 2 fully saturated rings. The number of aromatic nitrogens is 1. The van der Waals surface area contributed by atoms with Gasteiger partial charge in [-0.2, -0.15) is 0 Å². The van der Waals surface area contributed by atoms with Gasteiger partial charge in [-0.15, -0.1) is 0 Å². The first-order valence-electron chi connectivity index (χ1n) is 11.6. The summed E-state index contributed by atoms with van der Waals surface area (Å²) in [5, 5.41) is 7.29. The van der Waals surface area contributed by atoms with Crippen molar-refractivity contribution in [3.05, 3.63) is 54.2 Å². The Bertz CT molecular complexity index is 953. The predicted octanol–water partition coefficient (Wildman–Crippen LogP) is 4.25. The lowest BCUT2D eigenvalue weighted by atomic mass is 9.85. The highest BCUT2D eigenvalue weighted by molar-refractivity contribution is 6.09. The van der Waals surface area contributed by atoms with Crippen molar-refractivity contribution in [1.29, 1.82) is 0 Å². The number of carbonyl (C=O) groups excluding carboxylic acids is 1. The third-order valence-corrected chi connectivity index (χ3v) is 6.82. The predicted molar refractivity (Wildman–Crippen MR) is 124 cm³/mol. The molecule has 2 aliphatic heterocycles. The highest BCUT2D eigenvalue weighted by Crippen LogP contribution is 2.36. The van der Waals surface area contributed by atoms with Crippen LogP contribution in [0.25, 0.3) is 0 Å². The normalized spacial score (nSPS) is 24.6. The number of aliphatic imine (C=N–C) groups is 1. The maximum atomic E-state index is 13.1. The van der Waals surface area contributed by atoms with Crippen molar-refractivity contribution in [2.24, 2.45) is 4.99 Å². The number of benzene rings is 1. The Hall–Kier alpha value is -2.89. The van der Waals surface area contributed by atoms with E-state index in [-0.39, 0.29) is 11.4 Å². The van der Waals surface area contributed by atoms with Gasteiger partial charge in [0.05, 0.1) is 18.3 Å². The van der Waals surface area contributed by atoms with Crippen molar-refractivity contribution < 1.29 is 4.79 Å². The summed E-state index contributed by atoms with van der Waals surface area (Å²) in [6, 6.07) is 14.6. The van der Waals surface area contributed by atoms with Gasteiger partial charge in [-0.05, 0) is 49.8 Å². The molecule has 1 saturated heterocycles. The number of likely N-dealkylation sites (tertiary alicyclic amines) is 1. The number of fused-ring (bicyclic) bond motifs is 1. The summed E-state index contributed by atoms with van der Waals surface area (Å²) in [5.41, 5.74) is 1.84. The molecular formula is C25H31N5O. The highest BCUT2D eigenvalue weighted by atomic mass is 16.2. The molecule has 1 aromatic carbocycles. The van der Waals surface area contributed by atoms with E-state index in [9.17, 15) is 4.79 Å². The van der Waals surface area contributed by atoms with Gasteiger partial charge in [-0.3, -0.25) is 9.79 Å². The van der Waals surface area contributed by atoms with Crippen LogP contribution >= 0.6 is 0 Å². The molecule has 1 spiro atoms. The summed E-state index contributed by atoms with van der Waals surface area (Å²) >= 11 is 0. The maximum absolute atomic E-state index is 13.1. The number of pyridine rings is 1. The van der Waals surface area contributed by atoms with E-state index in [1.54, 1.807) is 6.20 Å².